The van der Waals surface area contributed by atoms with E-state index in [-0.39, 0.29) is 31.0 Å². The minimum atomic E-state index is -4.65. The largest absolute Gasteiger partial charge is 0.435 e. The van der Waals surface area contributed by atoms with Gasteiger partial charge in [0.1, 0.15) is 11.3 Å². The number of imidazole rings is 1. The number of hydrogen-bond donors (Lipinski definition) is 2. The maximum absolute atomic E-state index is 13.9. The van der Waals surface area contributed by atoms with Crippen molar-refractivity contribution >= 4 is 22.6 Å². The summed E-state index contributed by atoms with van der Waals surface area (Å²) >= 11 is 0. The number of nitrogens with one attached hydrogen (secondary N) is 2. The van der Waals surface area contributed by atoms with Crippen LogP contribution in [0, 0.1) is 0 Å². The first-order valence-corrected chi connectivity index (χ1v) is 10.6. The molecule has 4 bridgehead atoms. The summed E-state index contributed by atoms with van der Waals surface area (Å²) in [5.74, 6) is -0.227. The highest BCUT2D eigenvalue weighted by atomic mass is 19.4. The van der Waals surface area contributed by atoms with Crippen molar-refractivity contribution in [3.8, 4) is 22.5 Å². The first-order valence-electron chi connectivity index (χ1n) is 10.6. The minimum Gasteiger partial charge on any atom is -0.350 e. The molecule has 34 heavy (non-hydrogen) atoms. The predicted octanol–water partition coefficient (Wildman–Crippen LogP) is 3.56. The molecule has 0 aromatic carbocycles. The highest BCUT2D eigenvalue weighted by Gasteiger charge is 2.38. The van der Waals surface area contributed by atoms with Crippen molar-refractivity contribution in [1.29, 1.82) is 0 Å². The van der Waals surface area contributed by atoms with Crippen molar-refractivity contribution in [2.45, 2.75) is 32.1 Å². The van der Waals surface area contributed by atoms with E-state index in [1.54, 1.807) is 6.07 Å². The van der Waals surface area contributed by atoms with Crippen molar-refractivity contribution in [2.24, 2.45) is 0 Å². The van der Waals surface area contributed by atoms with Crippen LogP contribution in [0.5, 0.6) is 0 Å². The lowest BCUT2D eigenvalue weighted by Gasteiger charge is -2.08. The second kappa shape index (κ2) is 7.40. The number of pyridine rings is 1. The number of amides is 1. The lowest BCUT2D eigenvalue weighted by molar-refractivity contribution is -0.141. The first-order chi connectivity index (χ1) is 16.4. The standard InChI is InChI=1S/C22H17F3N8O/c23-22(24,25)20-14-11-32(31-20)6-3-5-18(34)26-10-16-19(33-7-2-1-4-17(33)28-16)15-8-12-13(14)9-27-21(12)30-29-15/h1-2,4,7-9,11H,3,5-6,10H2,(H,26,34)(H,27,30). The smallest absolute Gasteiger partial charge is 0.350 e. The molecule has 12 heteroatoms. The summed E-state index contributed by atoms with van der Waals surface area (Å²) < 4.78 is 44.6. The van der Waals surface area contributed by atoms with Crippen molar-refractivity contribution in [3.63, 3.8) is 0 Å². The van der Waals surface area contributed by atoms with Crippen LogP contribution in [0.2, 0.25) is 0 Å². The lowest BCUT2D eigenvalue weighted by atomic mass is 10.1. The maximum atomic E-state index is 13.9. The average molecular weight is 466 g/mol. The number of aromatic nitrogens is 7. The van der Waals surface area contributed by atoms with Crippen LogP contribution in [0.15, 0.2) is 42.9 Å². The molecule has 6 heterocycles. The van der Waals surface area contributed by atoms with Crippen LogP contribution in [-0.2, 0) is 24.1 Å². The van der Waals surface area contributed by atoms with Crippen LogP contribution < -0.4 is 5.32 Å². The second-order valence-corrected chi connectivity index (χ2v) is 8.06. The number of carbonyl (C=O) groups is 1. The third-order valence-corrected chi connectivity index (χ3v) is 5.85. The summed E-state index contributed by atoms with van der Waals surface area (Å²) in [7, 11) is 0. The molecular weight excluding hydrogens is 449 g/mol. The molecule has 6 rings (SSSR count). The zero-order valence-electron chi connectivity index (χ0n) is 17.6. The fourth-order valence-electron chi connectivity index (χ4n) is 4.31. The summed E-state index contributed by atoms with van der Waals surface area (Å²) in [5.41, 5.74) is 1.90. The van der Waals surface area contributed by atoms with Gasteiger partial charge in [0.05, 0.1) is 17.9 Å². The van der Waals surface area contributed by atoms with Crippen molar-refractivity contribution in [3.05, 3.63) is 54.2 Å². The number of halogens is 3. The molecule has 9 nitrogen and oxygen atoms in total. The number of fused-ring (bicyclic) bond motifs is 8. The van der Waals surface area contributed by atoms with Gasteiger partial charge in [-0.3, -0.25) is 13.9 Å². The molecule has 0 atom stereocenters. The quantitative estimate of drug-likeness (QED) is 0.363. The van der Waals surface area contributed by atoms with Crippen molar-refractivity contribution in [2.75, 3.05) is 0 Å². The number of alkyl halides is 3. The topological polar surface area (TPSA) is 106 Å². The third kappa shape index (κ3) is 3.29. The highest BCUT2D eigenvalue weighted by Crippen LogP contribution is 2.39. The van der Waals surface area contributed by atoms with Gasteiger partial charge < -0.3 is 10.3 Å². The van der Waals surface area contributed by atoms with E-state index in [9.17, 15) is 18.0 Å². The number of aryl methyl sites for hydroxylation is 1. The minimum absolute atomic E-state index is 0.0598. The number of nitrogens with zero attached hydrogens (tertiary/aromatic N) is 6. The van der Waals surface area contributed by atoms with E-state index in [1.165, 1.54) is 17.1 Å². The van der Waals surface area contributed by atoms with Crippen molar-refractivity contribution < 1.29 is 18.0 Å². The zero-order chi connectivity index (χ0) is 23.4. The number of aromatic amines is 1. The SMILES string of the molecule is O=C1CCCn2cc(c(C(F)(F)F)n2)-c2c[nH]c3nnc(cc23)-c2c(nc3ccccn23)CN1. The molecule has 1 aliphatic heterocycles. The highest BCUT2D eigenvalue weighted by molar-refractivity contribution is 5.95. The van der Waals surface area contributed by atoms with Gasteiger partial charge in [-0.2, -0.15) is 18.3 Å². The molecule has 0 saturated heterocycles. The Morgan fingerprint density at radius 3 is 2.85 bits per heavy atom. The van der Waals surface area contributed by atoms with Gasteiger partial charge in [-0.25, -0.2) is 4.98 Å². The number of rotatable bonds is 0. The van der Waals surface area contributed by atoms with Crippen LogP contribution in [0.1, 0.15) is 24.2 Å². The molecule has 5 aromatic rings. The van der Waals surface area contributed by atoms with Gasteiger partial charge in [-0.05, 0) is 24.6 Å². The Labute approximate surface area is 189 Å². The van der Waals surface area contributed by atoms with Gasteiger partial charge >= 0.3 is 6.18 Å². The normalized spacial score (nSPS) is 14.7. The van der Waals surface area contributed by atoms with Crippen molar-refractivity contribution in [1.82, 2.24) is 39.7 Å². The average Bonchev–Trinajstić information content (AvgIpc) is 3.50. The Hall–Kier alpha value is -4.22. The Kier molecular flexibility index (Phi) is 4.44. The summed E-state index contributed by atoms with van der Waals surface area (Å²) in [6, 6.07) is 7.19. The fourth-order valence-corrected chi connectivity index (χ4v) is 4.31. The van der Waals surface area contributed by atoms with E-state index < -0.39 is 11.9 Å². The zero-order valence-corrected chi connectivity index (χ0v) is 17.6. The van der Waals surface area contributed by atoms with E-state index >= 15 is 0 Å². The molecule has 0 aliphatic carbocycles. The molecule has 0 saturated carbocycles. The third-order valence-electron chi connectivity index (χ3n) is 5.85. The van der Waals surface area contributed by atoms with Gasteiger partial charge in [0.2, 0.25) is 5.91 Å². The van der Waals surface area contributed by atoms with Crippen LogP contribution in [-0.4, -0.2) is 40.3 Å². The Morgan fingerprint density at radius 2 is 2.00 bits per heavy atom. The van der Waals surface area contributed by atoms with Crippen LogP contribution in [0.4, 0.5) is 13.2 Å². The lowest BCUT2D eigenvalue weighted by Crippen LogP contribution is -2.23. The van der Waals surface area contributed by atoms with Gasteiger partial charge in [0.25, 0.3) is 0 Å². The van der Waals surface area contributed by atoms with Gasteiger partial charge in [-0.1, -0.05) is 6.07 Å². The molecule has 1 amide bonds. The van der Waals surface area contributed by atoms with E-state index in [1.807, 2.05) is 28.8 Å². The summed E-state index contributed by atoms with van der Waals surface area (Å²) in [6.07, 6.45) is 0.488. The Balaban J connectivity index is 1.63. The van der Waals surface area contributed by atoms with Crippen LogP contribution >= 0.6 is 0 Å². The second-order valence-electron chi connectivity index (χ2n) is 8.06. The Morgan fingerprint density at radius 1 is 1.12 bits per heavy atom. The van der Waals surface area contributed by atoms with E-state index in [0.717, 1.165) is 0 Å². The van der Waals surface area contributed by atoms with Gasteiger partial charge in [-0.15, -0.1) is 10.2 Å². The number of hydrogen-bond acceptors (Lipinski definition) is 5. The van der Waals surface area contributed by atoms with Gasteiger partial charge in [0.15, 0.2) is 11.3 Å². The molecule has 5 aromatic heterocycles. The maximum Gasteiger partial charge on any atom is 0.435 e. The molecule has 0 radical (unpaired) electrons. The molecule has 2 N–H and O–H groups in total. The monoisotopic (exact) mass is 466 g/mol. The summed E-state index contributed by atoms with van der Waals surface area (Å²) in [4.78, 5) is 20.0. The predicted molar refractivity (Wildman–Crippen MR) is 115 cm³/mol. The molecule has 172 valence electrons. The molecule has 1 aliphatic rings. The number of H-pyrrole nitrogens is 1. The van der Waals surface area contributed by atoms with Crippen LogP contribution in [0.25, 0.3) is 39.2 Å². The molecule has 0 fully saturated rings. The van der Waals surface area contributed by atoms with Gasteiger partial charge in [0, 0.05) is 48.1 Å². The molecule has 0 unspecified atom stereocenters. The summed E-state index contributed by atoms with van der Waals surface area (Å²) in [5, 5.41) is 15.6. The fraction of sp³-hybridized carbons (Fsp3) is 0.227. The first kappa shape index (κ1) is 20.4. The summed E-state index contributed by atoms with van der Waals surface area (Å²) in [6.45, 7) is 0.350. The van der Waals surface area contributed by atoms with E-state index in [0.29, 0.717) is 45.7 Å². The molecular formula is C22H17F3N8O. The molecule has 0 spiro atoms. The number of carbonyl (C=O) groups excluding carboxylic acids is 1. The van der Waals surface area contributed by atoms with E-state index in [4.69, 9.17) is 0 Å². The van der Waals surface area contributed by atoms with Crippen LogP contribution in [0.3, 0.4) is 0 Å². The Bertz CT molecular complexity index is 1560. The van der Waals surface area contributed by atoms with E-state index in [2.05, 4.69) is 30.6 Å².